The second-order valence-corrected chi connectivity index (χ2v) is 7.70. The molecule has 3 heterocycles. The minimum Gasteiger partial charge on any atom is -0.460 e. The Balaban J connectivity index is 1.27. The Morgan fingerprint density at radius 3 is 2.66 bits per heavy atom. The Bertz CT molecular complexity index is 873. The van der Waals surface area contributed by atoms with Gasteiger partial charge in [-0.2, -0.15) is 0 Å². The number of hydrogen-bond donors (Lipinski definition) is 1. The number of esters is 1. The molecule has 2 fully saturated rings. The molecule has 2 amide bonds. The number of amides is 2. The summed E-state index contributed by atoms with van der Waals surface area (Å²) >= 11 is 0. The number of piperidine rings is 1. The number of likely N-dealkylation sites (tertiary alicyclic amines) is 1. The van der Waals surface area contributed by atoms with Crippen molar-refractivity contribution in [3.05, 3.63) is 54.6 Å². The maximum Gasteiger partial charge on any atom is 0.312 e. The van der Waals surface area contributed by atoms with E-state index in [-0.39, 0.29) is 30.4 Å². The average molecular weight is 396 g/mol. The normalized spacial score (nSPS) is 20.5. The van der Waals surface area contributed by atoms with Crippen molar-refractivity contribution in [1.82, 2.24) is 19.8 Å². The van der Waals surface area contributed by atoms with Gasteiger partial charge in [0.25, 0.3) is 5.91 Å². The summed E-state index contributed by atoms with van der Waals surface area (Å²) in [6.45, 7) is 1.54. The van der Waals surface area contributed by atoms with Crippen LogP contribution in [0.2, 0.25) is 0 Å². The van der Waals surface area contributed by atoms with Gasteiger partial charge < -0.3 is 19.5 Å². The van der Waals surface area contributed by atoms with Gasteiger partial charge in [-0.25, -0.2) is 4.98 Å². The SMILES string of the molecule is O=C(NCC(=O)N1CCC2(CC1)CC(Cn1ccnc1)OC2=O)c1ccccc1. The minimum atomic E-state index is -0.505. The van der Waals surface area contributed by atoms with Gasteiger partial charge in [0.1, 0.15) is 6.10 Å². The molecule has 0 aliphatic carbocycles. The number of rotatable bonds is 5. The van der Waals surface area contributed by atoms with Crippen LogP contribution in [0.15, 0.2) is 49.1 Å². The molecule has 152 valence electrons. The average Bonchev–Trinajstić information content (AvgIpc) is 3.35. The van der Waals surface area contributed by atoms with E-state index in [0.717, 1.165) is 0 Å². The molecule has 0 bridgehead atoms. The highest BCUT2D eigenvalue weighted by Crippen LogP contribution is 2.43. The van der Waals surface area contributed by atoms with Gasteiger partial charge in [0, 0.05) is 37.5 Å². The summed E-state index contributed by atoms with van der Waals surface area (Å²) in [6.07, 6.45) is 6.94. The standard InChI is InChI=1S/C21H24N4O4/c26-18(13-23-19(27)16-4-2-1-3-5-16)25-9-6-21(7-10-25)12-17(29-20(21)28)14-24-11-8-22-15-24/h1-5,8,11,15,17H,6-7,9-10,12-14H2,(H,23,27). The molecule has 2 saturated heterocycles. The number of aromatic nitrogens is 2. The van der Waals surface area contributed by atoms with Crippen LogP contribution in [0.25, 0.3) is 0 Å². The van der Waals surface area contributed by atoms with Gasteiger partial charge in [-0.15, -0.1) is 0 Å². The lowest BCUT2D eigenvalue weighted by Crippen LogP contribution is -2.48. The third-order valence-electron chi connectivity index (χ3n) is 5.81. The number of benzene rings is 1. The molecule has 0 radical (unpaired) electrons. The van der Waals surface area contributed by atoms with E-state index in [1.165, 1.54) is 0 Å². The Labute approximate surface area is 168 Å². The zero-order valence-electron chi connectivity index (χ0n) is 16.1. The van der Waals surface area contributed by atoms with Crippen molar-refractivity contribution in [2.24, 2.45) is 5.41 Å². The summed E-state index contributed by atoms with van der Waals surface area (Å²) in [7, 11) is 0. The first-order valence-electron chi connectivity index (χ1n) is 9.84. The van der Waals surface area contributed by atoms with Crippen LogP contribution in [-0.4, -0.2) is 58.0 Å². The summed E-state index contributed by atoms with van der Waals surface area (Å²) < 4.78 is 7.51. The van der Waals surface area contributed by atoms with E-state index in [4.69, 9.17) is 4.74 Å². The Morgan fingerprint density at radius 1 is 1.21 bits per heavy atom. The van der Waals surface area contributed by atoms with Crippen LogP contribution in [-0.2, 0) is 20.9 Å². The monoisotopic (exact) mass is 396 g/mol. The van der Waals surface area contributed by atoms with E-state index in [0.29, 0.717) is 44.5 Å². The zero-order valence-corrected chi connectivity index (χ0v) is 16.1. The third kappa shape index (κ3) is 4.16. The molecule has 1 spiro atoms. The predicted molar refractivity (Wildman–Crippen MR) is 104 cm³/mol. The van der Waals surface area contributed by atoms with E-state index < -0.39 is 5.41 Å². The fourth-order valence-corrected chi connectivity index (χ4v) is 4.12. The lowest BCUT2D eigenvalue weighted by molar-refractivity contribution is -0.152. The molecule has 1 N–H and O–H groups in total. The van der Waals surface area contributed by atoms with Crippen molar-refractivity contribution in [2.75, 3.05) is 19.6 Å². The summed E-state index contributed by atoms with van der Waals surface area (Å²) in [5, 5.41) is 2.67. The van der Waals surface area contributed by atoms with Crippen LogP contribution >= 0.6 is 0 Å². The van der Waals surface area contributed by atoms with Crippen molar-refractivity contribution < 1.29 is 19.1 Å². The molecule has 0 saturated carbocycles. The van der Waals surface area contributed by atoms with Gasteiger partial charge in [-0.1, -0.05) is 18.2 Å². The molecule has 4 rings (SSSR count). The summed E-state index contributed by atoms with van der Waals surface area (Å²) in [5.74, 6) is -0.563. The van der Waals surface area contributed by atoms with Crippen molar-refractivity contribution in [3.8, 4) is 0 Å². The first-order valence-corrected chi connectivity index (χ1v) is 9.84. The Morgan fingerprint density at radius 2 is 1.97 bits per heavy atom. The molecule has 8 heteroatoms. The second kappa shape index (κ2) is 8.06. The van der Waals surface area contributed by atoms with E-state index in [9.17, 15) is 14.4 Å². The fourth-order valence-electron chi connectivity index (χ4n) is 4.12. The molecule has 8 nitrogen and oxygen atoms in total. The largest absolute Gasteiger partial charge is 0.460 e. The van der Waals surface area contributed by atoms with Crippen LogP contribution in [0.4, 0.5) is 0 Å². The lowest BCUT2D eigenvalue weighted by Gasteiger charge is -2.36. The van der Waals surface area contributed by atoms with Crippen LogP contribution in [0.1, 0.15) is 29.6 Å². The second-order valence-electron chi connectivity index (χ2n) is 7.70. The molecule has 2 aliphatic rings. The minimum absolute atomic E-state index is 0.0472. The highest BCUT2D eigenvalue weighted by atomic mass is 16.6. The molecule has 1 aromatic carbocycles. The quantitative estimate of drug-likeness (QED) is 0.768. The van der Waals surface area contributed by atoms with Crippen molar-refractivity contribution in [1.29, 1.82) is 0 Å². The number of carbonyl (C=O) groups excluding carboxylic acids is 3. The van der Waals surface area contributed by atoms with Crippen LogP contribution in [0.5, 0.6) is 0 Å². The van der Waals surface area contributed by atoms with Crippen molar-refractivity contribution in [2.45, 2.75) is 31.9 Å². The number of hydrogen-bond acceptors (Lipinski definition) is 5. The Hall–Kier alpha value is -3.16. The molecular formula is C21H24N4O4. The number of cyclic esters (lactones) is 1. The molecule has 29 heavy (non-hydrogen) atoms. The highest BCUT2D eigenvalue weighted by Gasteiger charge is 2.50. The number of carbonyl (C=O) groups is 3. The number of ether oxygens (including phenoxy) is 1. The summed E-state index contributed by atoms with van der Waals surface area (Å²) in [4.78, 5) is 42.8. The van der Waals surface area contributed by atoms with Gasteiger partial charge in [0.2, 0.25) is 5.91 Å². The smallest absolute Gasteiger partial charge is 0.312 e. The molecule has 2 aromatic rings. The predicted octanol–water partition coefficient (Wildman–Crippen LogP) is 1.24. The first-order chi connectivity index (χ1) is 14.1. The van der Waals surface area contributed by atoms with Gasteiger partial charge in [-0.3, -0.25) is 14.4 Å². The molecular weight excluding hydrogens is 372 g/mol. The fraction of sp³-hybridized carbons (Fsp3) is 0.429. The summed E-state index contributed by atoms with van der Waals surface area (Å²) in [6, 6.07) is 8.80. The molecule has 1 aromatic heterocycles. The van der Waals surface area contributed by atoms with Gasteiger partial charge in [-0.05, 0) is 25.0 Å². The summed E-state index contributed by atoms with van der Waals surface area (Å²) in [5.41, 5.74) is 0.0190. The zero-order chi connectivity index (χ0) is 20.3. The van der Waals surface area contributed by atoms with Crippen LogP contribution < -0.4 is 5.32 Å². The highest BCUT2D eigenvalue weighted by molar-refractivity contribution is 5.96. The molecule has 2 aliphatic heterocycles. The maximum atomic E-state index is 12.5. The topological polar surface area (TPSA) is 93.5 Å². The first kappa shape index (κ1) is 19.2. The van der Waals surface area contributed by atoms with Gasteiger partial charge in [0.15, 0.2) is 0 Å². The van der Waals surface area contributed by atoms with Gasteiger partial charge in [0.05, 0.1) is 24.8 Å². The lowest BCUT2D eigenvalue weighted by atomic mass is 9.76. The van der Waals surface area contributed by atoms with E-state index >= 15 is 0 Å². The van der Waals surface area contributed by atoms with E-state index in [1.54, 1.807) is 41.7 Å². The molecule has 1 unspecified atom stereocenters. The van der Waals surface area contributed by atoms with E-state index in [1.807, 2.05) is 16.8 Å². The van der Waals surface area contributed by atoms with Gasteiger partial charge >= 0.3 is 5.97 Å². The molecule has 1 atom stereocenters. The number of nitrogens with zero attached hydrogens (tertiary/aromatic N) is 3. The van der Waals surface area contributed by atoms with Crippen LogP contribution in [0.3, 0.4) is 0 Å². The van der Waals surface area contributed by atoms with E-state index in [2.05, 4.69) is 10.3 Å². The third-order valence-corrected chi connectivity index (χ3v) is 5.81. The number of nitrogens with one attached hydrogen (secondary N) is 1. The Kier molecular flexibility index (Phi) is 5.33. The van der Waals surface area contributed by atoms with Crippen molar-refractivity contribution >= 4 is 17.8 Å². The van der Waals surface area contributed by atoms with Crippen LogP contribution in [0, 0.1) is 5.41 Å². The number of imidazole rings is 1. The van der Waals surface area contributed by atoms with Crippen molar-refractivity contribution in [3.63, 3.8) is 0 Å². The maximum absolute atomic E-state index is 12.5.